The average molecular weight is 370 g/mol. The van der Waals surface area contributed by atoms with Gasteiger partial charge in [0.05, 0.1) is 19.2 Å². The largest absolute Gasteiger partial charge is 0.496 e. The maximum atomic E-state index is 12.9. The van der Waals surface area contributed by atoms with Crippen molar-refractivity contribution in [3.63, 3.8) is 0 Å². The summed E-state index contributed by atoms with van der Waals surface area (Å²) in [5.74, 6) is 1.44. The molecule has 8 heteroatoms. The summed E-state index contributed by atoms with van der Waals surface area (Å²) in [6.45, 7) is 3.28. The first-order valence-corrected chi connectivity index (χ1v) is 8.98. The van der Waals surface area contributed by atoms with Gasteiger partial charge in [-0.15, -0.1) is 0 Å². The predicted molar refractivity (Wildman–Crippen MR) is 97.1 cm³/mol. The van der Waals surface area contributed by atoms with Crippen molar-refractivity contribution in [2.45, 2.75) is 31.8 Å². The molecular weight excluding hydrogens is 348 g/mol. The molecule has 0 unspecified atom stereocenters. The van der Waals surface area contributed by atoms with Crippen LogP contribution in [0.15, 0.2) is 28.7 Å². The number of piperidine rings is 1. The minimum Gasteiger partial charge on any atom is -0.496 e. The van der Waals surface area contributed by atoms with Crippen molar-refractivity contribution in [2.24, 2.45) is 0 Å². The Kier molecular flexibility index (Phi) is 4.35. The number of imide groups is 1. The summed E-state index contributed by atoms with van der Waals surface area (Å²) in [5, 5.41) is 6.10. The van der Waals surface area contributed by atoms with Crippen molar-refractivity contribution in [1.29, 1.82) is 0 Å². The second-order valence-corrected chi connectivity index (χ2v) is 6.88. The van der Waals surface area contributed by atoms with E-state index in [1.165, 1.54) is 4.90 Å². The molecule has 2 N–H and O–H groups in total. The van der Waals surface area contributed by atoms with Crippen LogP contribution in [-0.2, 0) is 11.3 Å². The van der Waals surface area contributed by atoms with Crippen molar-refractivity contribution >= 4 is 11.9 Å². The summed E-state index contributed by atoms with van der Waals surface area (Å²) in [7, 11) is 1.58. The van der Waals surface area contributed by atoms with Crippen molar-refractivity contribution < 1.29 is 18.7 Å². The molecule has 2 aliphatic heterocycles. The van der Waals surface area contributed by atoms with E-state index < -0.39 is 5.54 Å². The van der Waals surface area contributed by atoms with Crippen LogP contribution in [0.2, 0.25) is 0 Å². The highest BCUT2D eigenvalue weighted by atomic mass is 16.5. The fourth-order valence-electron chi connectivity index (χ4n) is 3.67. The number of ether oxygens (including phenoxy) is 1. The van der Waals surface area contributed by atoms with Gasteiger partial charge < -0.3 is 19.8 Å². The van der Waals surface area contributed by atoms with Gasteiger partial charge in [0.1, 0.15) is 22.7 Å². The minimum absolute atomic E-state index is 0.0876. The van der Waals surface area contributed by atoms with Crippen LogP contribution < -0.4 is 15.4 Å². The van der Waals surface area contributed by atoms with E-state index in [2.05, 4.69) is 15.6 Å². The van der Waals surface area contributed by atoms with Gasteiger partial charge in [-0.2, -0.15) is 0 Å². The van der Waals surface area contributed by atoms with Crippen molar-refractivity contribution in [2.75, 3.05) is 20.2 Å². The van der Waals surface area contributed by atoms with Crippen molar-refractivity contribution in [3.8, 4) is 17.2 Å². The van der Waals surface area contributed by atoms with E-state index in [1.54, 1.807) is 14.0 Å². The van der Waals surface area contributed by atoms with Gasteiger partial charge in [0.25, 0.3) is 5.91 Å². The number of carbonyl (C=O) groups excluding carboxylic acids is 2. The molecule has 0 aliphatic carbocycles. The van der Waals surface area contributed by atoms with Crippen LogP contribution in [0.25, 0.3) is 11.5 Å². The number of amides is 3. The molecule has 4 rings (SSSR count). The Hall–Kier alpha value is -2.87. The second-order valence-electron chi connectivity index (χ2n) is 6.88. The minimum atomic E-state index is -0.786. The zero-order valence-electron chi connectivity index (χ0n) is 15.4. The number of rotatable bonds is 4. The Morgan fingerprint density at radius 1 is 1.26 bits per heavy atom. The number of oxazole rings is 1. The Bertz CT molecular complexity index is 886. The molecule has 3 heterocycles. The predicted octanol–water partition coefficient (Wildman–Crippen LogP) is 1.83. The van der Waals surface area contributed by atoms with E-state index in [0.717, 1.165) is 5.56 Å². The molecule has 2 aliphatic rings. The Morgan fingerprint density at radius 3 is 2.74 bits per heavy atom. The van der Waals surface area contributed by atoms with Crippen LogP contribution in [0.1, 0.15) is 24.3 Å². The van der Waals surface area contributed by atoms with Gasteiger partial charge in [0.15, 0.2) is 0 Å². The molecule has 3 amide bonds. The molecule has 2 saturated heterocycles. The lowest BCUT2D eigenvalue weighted by molar-refractivity contribution is -0.132. The summed E-state index contributed by atoms with van der Waals surface area (Å²) >= 11 is 0. The lowest BCUT2D eigenvalue weighted by Gasteiger charge is -2.31. The maximum absolute atomic E-state index is 12.9. The molecular formula is C19H22N4O4. The molecule has 0 radical (unpaired) electrons. The zero-order valence-corrected chi connectivity index (χ0v) is 15.4. The molecule has 27 heavy (non-hydrogen) atoms. The fourth-order valence-corrected chi connectivity index (χ4v) is 3.67. The van der Waals surface area contributed by atoms with E-state index in [9.17, 15) is 9.59 Å². The molecule has 8 nitrogen and oxygen atoms in total. The number of para-hydroxylation sites is 1. The van der Waals surface area contributed by atoms with Crippen LogP contribution in [0.5, 0.6) is 5.75 Å². The molecule has 0 atom stereocenters. The smallest absolute Gasteiger partial charge is 0.325 e. The highest BCUT2D eigenvalue weighted by Gasteiger charge is 2.51. The van der Waals surface area contributed by atoms with Gasteiger partial charge in [-0.3, -0.25) is 9.69 Å². The van der Waals surface area contributed by atoms with Crippen LogP contribution in [-0.4, -0.2) is 47.6 Å². The van der Waals surface area contributed by atoms with Gasteiger partial charge in [-0.25, -0.2) is 9.78 Å². The monoisotopic (exact) mass is 370 g/mol. The molecule has 1 aromatic heterocycles. The number of carbonyl (C=O) groups is 2. The van der Waals surface area contributed by atoms with E-state index in [4.69, 9.17) is 9.15 Å². The van der Waals surface area contributed by atoms with Gasteiger partial charge in [0, 0.05) is 0 Å². The summed E-state index contributed by atoms with van der Waals surface area (Å²) in [5.41, 5.74) is 0.498. The van der Waals surface area contributed by atoms with Crippen LogP contribution in [0.4, 0.5) is 4.79 Å². The highest BCUT2D eigenvalue weighted by Crippen LogP contribution is 2.32. The number of hydrogen-bond donors (Lipinski definition) is 2. The summed E-state index contributed by atoms with van der Waals surface area (Å²) in [6, 6.07) is 7.04. The molecule has 142 valence electrons. The highest BCUT2D eigenvalue weighted by molar-refractivity contribution is 6.07. The van der Waals surface area contributed by atoms with Crippen molar-refractivity contribution in [3.05, 3.63) is 35.7 Å². The van der Waals surface area contributed by atoms with E-state index in [-0.39, 0.29) is 18.5 Å². The third-order valence-electron chi connectivity index (χ3n) is 5.24. The third-order valence-corrected chi connectivity index (χ3v) is 5.24. The average Bonchev–Trinajstić information content (AvgIpc) is 3.15. The summed E-state index contributed by atoms with van der Waals surface area (Å²) in [4.78, 5) is 31.1. The van der Waals surface area contributed by atoms with Gasteiger partial charge in [-0.05, 0) is 45.0 Å². The fraction of sp³-hybridized carbons (Fsp3) is 0.421. The Morgan fingerprint density at radius 2 is 2.00 bits per heavy atom. The van der Waals surface area contributed by atoms with Crippen LogP contribution in [0.3, 0.4) is 0 Å². The molecule has 1 aromatic carbocycles. The first-order chi connectivity index (χ1) is 13.0. The summed E-state index contributed by atoms with van der Waals surface area (Å²) < 4.78 is 11.1. The molecule has 1 spiro atoms. The molecule has 2 fully saturated rings. The number of benzene rings is 1. The number of aromatic nitrogens is 1. The standard InChI is InChI=1S/C19H22N4O4/c1-12-14(21-16(27-12)13-5-3-4-6-15(13)26-2)11-23-17(24)19(22-18(23)25)7-9-20-10-8-19/h3-6,20H,7-11H2,1-2H3,(H,22,25). The lowest BCUT2D eigenvalue weighted by atomic mass is 9.88. The van der Waals surface area contributed by atoms with E-state index in [0.29, 0.717) is 49.0 Å². The topological polar surface area (TPSA) is 96.7 Å². The lowest BCUT2D eigenvalue weighted by Crippen LogP contribution is -2.53. The number of nitrogens with one attached hydrogen (secondary N) is 2. The molecule has 0 bridgehead atoms. The normalized spacial score (nSPS) is 18.8. The third kappa shape index (κ3) is 2.95. The number of methoxy groups -OCH3 is 1. The molecule has 0 saturated carbocycles. The van der Waals surface area contributed by atoms with Crippen molar-refractivity contribution in [1.82, 2.24) is 20.5 Å². The SMILES string of the molecule is COc1ccccc1-c1nc(CN2C(=O)NC3(CCNCC3)C2=O)c(C)o1. The van der Waals surface area contributed by atoms with Gasteiger partial charge in [-0.1, -0.05) is 12.1 Å². The summed E-state index contributed by atoms with van der Waals surface area (Å²) in [6.07, 6.45) is 1.19. The molecule has 2 aromatic rings. The van der Waals surface area contributed by atoms with E-state index in [1.807, 2.05) is 24.3 Å². The van der Waals surface area contributed by atoms with Crippen LogP contribution >= 0.6 is 0 Å². The Balaban J connectivity index is 1.59. The maximum Gasteiger partial charge on any atom is 0.325 e. The number of aryl methyl sites for hydroxylation is 1. The number of hydrogen-bond acceptors (Lipinski definition) is 6. The quantitative estimate of drug-likeness (QED) is 0.797. The van der Waals surface area contributed by atoms with E-state index >= 15 is 0 Å². The number of urea groups is 1. The second kappa shape index (κ2) is 6.70. The van der Waals surface area contributed by atoms with Gasteiger partial charge in [0.2, 0.25) is 5.89 Å². The van der Waals surface area contributed by atoms with Gasteiger partial charge >= 0.3 is 6.03 Å². The first kappa shape index (κ1) is 17.5. The number of nitrogens with zero attached hydrogens (tertiary/aromatic N) is 2. The van der Waals surface area contributed by atoms with Crippen LogP contribution in [0, 0.1) is 6.92 Å². The Labute approximate surface area is 156 Å². The first-order valence-electron chi connectivity index (χ1n) is 8.98. The zero-order chi connectivity index (χ0) is 19.0.